The highest BCUT2D eigenvalue weighted by atomic mass is 16.6. The van der Waals surface area contributed by atoms with Gasteiger partial charge in [-0.2, -0.15) is 0 Å². The molecule has 2 heterocycles. The number of carbonyl (C=O) groups excluding carboxylic acids is 1. The summed E-state index contributed by atoms with van der Waals surface area (Å²) in [6.07, 6.45) is -6.95. The maximum absolute atomic E-state index is 12.6. The van der Waals surface area contributed by atoms with Crippen LogP contribution in [0.15, 0.2) is 0 Å². The molecule has 0 spiro atoms. The number of fused-ring (bicyclic) bond motifs is 1. The molecule has 10 nitrogen and oxygen atoms in total. The summed E-state index contributed by atoms with van der Waals surface area (Å²) in [6.45, 7) is 4.72. The third-order valence-electron chi connectivity index (χ3n) is 5.43. The minimum Gasteiger partial charge on any atom is -0.394 e. The minimum atomic E-state index is -1.74. The number of hydrogen-bond acceptors (Lipinski definition) is 9. The van der Waals surface area contributed by atoms with Gasteiger partial charge in [-0.15, -0.1) is 0 Å². The Morgan fingerprint density at radius 3 is 2.41 bits per heavy atom. The van der Waals surface area contributed by atoms with Crippen LogP contribution < -0.4 is 5.32 Å². The van der Waals surface area contributed by atoms with E-state index in [0.717, 1.165) is 0 Å². The zero-order chi connectivity index (χ0) is 20.5. The van der Waals surface area contributed by atoms with Crippen LogP contribution in [0.4, 0.5) is 0 Å². The zero-order valence-electron chi connectivity index (χ0n) is 16.1. The number of amides is 1. The molecule has 9 unspecified atom stereocenters. The quantitative estimate of drug-likeness (QED) is 0.269. The van der Waals surface area contributed by atoms with Crippen molar-refractivity contribution in [2.75, 3.05) is 20.2 Å². The number of hydrogen-bond donors (Lipinski definition) is 6. The predicted octanol–water partition coefficient (Wildman–Crippen LogP) is -2.85. The van der Waals surface area contributed by atoms with Crippen LogP contribution in [0.5, 0.6) is 0 Å². The molecule has 2 rings (SSSR count). The van der Waals surface area contributed by atoms with Crippen molar-refractivity contribution in [3.8, 4) is 0 Å². The summed E-state index contributed by atoms with van der Waals surface area (Å²) in [6, 6.07) is -0.110. The number of likely N-dealkylation sites (N-methyl/N-ethyl adjacent to an activating group) is 1. The summed E-state index contributed by atoms with van der Waals surface area (Å²) >= 11 is 0. The van der Waals surface area contributed by atoms with Crippen molar-refractivity contribution in [3.63, 3.8) is 0 Å². The molecule has 27 heavy (non-hydrogen) atoms. The lowest BCUT2D eigenvalue weighted by atomic mass is 9.84. The second-order valence-electron chi connectivity index (χ2n) is 7.79. The Labute approximate surface area is 158 Å². The van der Waals surface area contributed by atoms with E-state index < -0.39 is 48.8 Å². The first-order valence-corrected chi connectivity index (χ1v) is 9.18. The van der Waals surface area contributed by atoms with Crippen LogP contribution >= 0.6 is 0 Å². The van der Waals surface area contributed by atoms with Gasteiger partial charge in [0.05, 0.1) is 36.6 Å². The molecule has 9 atom stereocenters. The van der Waals surface area contributed by atoms with Crippen LogP contribution in [0.3, 0.4) is 0 Å². The average Bonchev–Trinajstić information content (AvgIpc) is 2.87. The average molecular weight is 392 g/mol. The molecule has 0 radical (unpaired) electrons. The van der Waals surface area contributed by atoms with Crippen molar-refractivity contribution in [2.45, 2.75) is 81.7 Å². The molecule has 0 aromatic carbocycles. The van der Waals surface area contributed by atoms with Crippen molar-refractivity contribution in [1.82, 2.24) is 10.2 Å². The van der Waals surface area contributed by atoms with Gasteiger partial charge in [-0.05, 0) is 27.8 Å². The van der Waals surface area contributed by atoms with E-state index in [2.05, 4.69) is 5.32 Å². The summed E-state index contributed by atoms with van der Waals surface area (Å²) < 4.78 is 11.9. The summed E-state index contributed by atoms with van der Waals surface area (Å²) in [7, 11) is 1.77. The highest BCUT2D eigenvalue weighted by Gasteiger charge is 2.56. The molecular weight excluding hydrogens is 360 g/mol. The van der Waals surface area contributed by atoms with Crippen LogP contribution in [0.1, 0.15) is 27.2 Å². The molecule has 10 heteroatoms. The van der Waals surface area contributed by atoms with Gasteiger partial charge in [0.25, 0.3) is 5.91 Å². The van der Waals surface area contributed by atoms with Gasteiger partial charge < -0.3 is 40.3 Å². The van der Waals surface area contributed by atoms with Gasteiger partial charge in [0.1, 0.15) is 18.3 Å². The standard InChI is InChI=1S/C17H32N2O8/c1-8-5-17(3)14(9(2)26-8)19(4)16(27-17)15(25)18-6-10(21)12(23)13(24)11(22)7-20/h8-14,16,20-24H,5-7H2,1-4H3,(H,18,25). The van der Waals surface area contributed by atoms with Gasteiger partial charge in [0.2, 0.25) is 0 Å². The third-order valence-corrected chi connectivity index (χ3v) is 5.43. The van der Waals surface area contributed by atoms with Crippen molar-refractivity contribution in [1.29, 1.82) is 0 Å². The predicted molar refractivity (Wildman–Crippen MR) is 93.6 cm³/mol. The number of carbonyl (C=O) groups is 1. The first kappa shape index (κ1) is 22.4. The maximum Gasteiger partial charge on any atom is 0.264 e. The lowest BCUT2D eigenvalue weighted by molar-refractivity contribution is -0.154. The first-order valence-electron chi connectivity index (χ1n) is 9.18. The SMILES string of the molecule is CC1CC2(C)OC(C(=O)NCC(O)C(O)C(O)C(O)CO)N(C)C2C(C)O1. The Kier molecular flexibility index (Phi) is 7.20. The Balaban J connectivity index is 1.95. The Morgan fingerprint density at radius 2 is 1.81 bits per heavy atom. The number of nitrogens with zero attached hydrogens (tertiary/aromatic N) is 1. The molecular formula is C17H32N2O8. The third kappa shape index (κ3) is 4.60. The molecule has 0 aromatic heterocycles. The number of ether oxygens (including phenoxy) is 2. The monoisotopic (exact) mass is 392 g/mol. The molecule has 1 amide bonds. The van der Waals surface area contributed by atoms with Gasteiger partial charge in [0.15, 0.2) is 6.23 Å². The van der Waals surface area contributed by atoms with Gasteiger partial charge >= 0.3 is 0 Å². The molecule has 0 aliphatic carbocycles. The largest absolute Gasteiger partial charge is 0.394 e. The molecule has 2 saturated heterocycles. The minimum absolute atomic E-state index is 0.00729. The van der Waals surface area contributed by atoms with E-state index in [4.69, 9.17) is 14.6 Å². The fourth-order valence-corrected chi connectivity index (χ4v) is 4.26. The molecule has 2 fully saturated rings. The molecule has 6 N–H and O–H groups in total. The van der Waals surface area contributed by atoms with E-state index in [0.29, 0.717) is 6.42 Å². The molecule has 0 aromatic rings. The van der Waals surface area contributed by atoms with E-state index >= 15 is 0 Å². The van der Waals surface area contributed by atoms with Gasteiger partial charge in [-0.1, -0.05) is 0 Å². The number of aliphatic hydroxyl groups is 5. The van der Waals surface area contributed by atoms with Crippen molar-refractivity contribution < 1.29 is 39.8 Å². The molecule has 158 valence electrons. The second kappa shape index (κ2) is 8.66. The Morgan fingerprint density at radius 1 is 1.22 bits per heavy atom. The summed E-state index contributed by atoms with van der Waals surface area (Å²) in [5.74, 6) is -0.489. The number of rotatable bonds is 7. The van der Waals surface area contributed by atoms with E-state index in [-0.39, 0.29) is 24.8 Å². The molecule has 2 aliphatic heterocycles. The summed E-state index contributed by atoms with van der Waals surface area (Å²) in [4.78, 5) is 14.3. The van der Waals surface area contributed by atoms with Crippen LogP contribution in [-0.2, 0) is 14.3 Å². The molecule has 0 saturated carbocycles. The molecule has 2 aliphatic rings. The fraction of sp³-hybridized carbons (Fsp3) is 0.941. The van der Waals surface area contributed by atoms with Crippen LogP contribution in [0.25, 0.3) is 0 Å². The summed E-state index contributed by atoms with van der Waals surface area (Å²) in [5, 5.41) is 50.0. The van der Waals surface area contributed by atoms with E-state index in [9.17, 15) is 25.2 Å². The lowest BCUT2D eigenvalue weighted by Gasteiger charge is -2.43. The Bertz CT molecular complexity index is 523. The fourth-order valence-electron chi connectivity index (χ4n) is 4.26. The van der Waals surface area contributed by atoms with E-state index in [1.54, 1.807) is 11.9 Å². The smallest absolute Gasteiger partial charge is 0.264 e. The second-order valence-corrected chi connectivity index (χ2v) is 7.79. The zero-order valence-corrected chi connectivity index (χ0v) is 16.1. The van der Waals surface area contributed by atoms with E-state index in [1.165, 1.54) is 0 Å². The lowest BCUT2D eigenvalue weighted by Crippen LogP contribution is -2.56. The molecule has 0 bridgehead atoms. The van der Waals surface area contributed by atoms with Gasteiger partial charge in [0, 0.05) is 13.0 Å². The van der Waals surface area contributed by atoms with Crippen molar-refractivity contribution in [2.24, 2.45) is 0 Å². The summed E-state index contributed by atoms with van der Waals surface area (Å²) in [5.41, 5.74) is -0.548. The van der Waals surface area contributed by atoms with Crippen LogP contribution in [0, 0.1) is 0 Å². The van der Waals surface area contributed by atoms with Crippen LogP contribution in [0.2, 0.25) is 0 Å². The van der Waals surface area contributed by atoms with Gasteiger partial charge in [-0.25, -0.2) is 0 Å². The highest BCUT2D eigenvalue weighted by Crippen LogP contribution is 2.41. The topological polar surface area (TPSA) is 152 Å². The highest BCUT2D eigenvalue weighted by molar-refractivity contribution is 5.80. The maximum atomic E-state index is 12.6. The number of aliphatic hydroxyl groups excluding tert-OH is 5. The number of nitrogens with one attached hydrogen (secondary N) is 1. The Hall–Kier alpha value is -0.850. The van der Waals surface area contributed by atoms with E-state index in [1.807, 2.05) is 20.8 Å². The first-order chi connectivity index (χ1) is 12.5. The van der Waals surface area contributed by atoms with Crippen molar-refractivity contribution in [3.05, 3.63) is 0 Å². The van der Waals surface area contributed by atoms with Crippen molar-refractivity contribution >= 4 is 5.91 Å². The van der Waals surface area contributed by atoms with Crippen LogP contribution in [-0.4, -0.2) is 111 Å². The van der Waals surface area contributed by atoms with Gasteiger partial charge in [-0.3, -0.25) is 9.69 Å². The normalized spacial score (nSPS) is 38.7.